The van der Waals surface area contributed by atoms with E-state index in [0.717, 1.165) is 19.4 Å². The van der Waals surface area contributed by atoms with Crippen LogP contribution < -0.4 is 5.73 Å². The summed E-state index contributed by atoms with van der Waals surface area (Å²) in [6, 6.07) is 10.2. The minimum Gasteiger partial charge on any atom is -0.333 e. The smallest absolute Gasteiger partial charge is 0.0948 e. The highest BCUT2D eigenvalue weighted by molar-refractivity contribution is 5.18. The Hall–Kier alpha value is -1.61. The number of nitrogens with two attached hydrogens (primary N) is 1. The molecule has 0 radical (unpaired) electrons. The van der Waals surface area contributed by atoms with Crippen molar-refractivity contribution in [2.45, 2.75) is 32.4 Å². The average molecular weight is 229 g/mol. The van der Waals surface area contributed by atoms with Crippen molar-refractivity contribution in [2.24, 2.45) is 5.73 Å². The molecule has 2 aromatic rings. The second-order valence-electron chi connectivity index (χ2n) is 4.30. The molecule has 0 saturated carbocycles. The fraction of sp³-hybridized carbons (Fsp3) is 0.357. The van der Waals surface area contributed by atoms with Crippen LogP contribution in [0.4, 0.5) is 0 Å². The van der Waals surface area contributed by atoms with Crippen molar-refractivity contribution in [2.75, 3.05) is 0 Å². The first-order valence-electron chi connectivity index (χ1n) is 6.10. The molecule has 0 bridgehead atoms. The number of benzene rings is 1. The van der Waals surface area contributed by atoms with E-state index in [-0.39, 0.29) is 6.04 Å². The van der Waals surface area contributed by atoms with Crippen LogP contribution in [0.2, 0.25) is 0 Å². The Labute approximate surface area is 102 Å². The Morgan fingerprint density at radius 3 is 2.76 bits per heavy atom. The van der Waals surface area contributed by atoms with Gasteiger partial charge < -0.3 is 10.3 Å². The number of imidazole rings is 1. The Morgan fingerprint density at radius 1 is 1.29 bits per heavy atom. The molecule has 0 spiro atoms. The average Bonchev–Trinajstić information content (AvgIpc) is 2.78. The molecular weight excluding hydrogens is 210 g/mol. The Kier molecular flexibility index (Phi) is 3.94. The quantitative estimate of drug-likeness (QED) is 0.856. The molecule has 3 heteroatoms. The first kappa shape index (κ1) is 11.9. The highest BCUT2D eigenvalue weighted by atomic mass is 15.1. The topological polar surface area (TPSA) is 43.8 Å². The molecule has 0 aliphatic rings. The summed E-state index contributed by atoms with van der Waals surface area (Å²) in [7, 11) is 0. The molecule has 2 rings (SSSR count). The SMILES string of the molecule is CCCc1cncn1CC(N)c1ccccc1. The van der Waals surface area contributed by atoms with Crippen LogP contribution >= 0.6 is 0 Å². The summed E-state index contributed by atoms with van der Waals surface area (Å²) in [4.78, 5) is 4.19. The van der Waals surface area contributed by atoms with Crippen LogP contribution in [0.25, 0.3) is 0 Å². The zero-order valence-corrected chi connectivity index (χ0v) is 10.2. The van der Waals surface area contributed by atoms with E-state index in [1.54, 1.807) is 0 Å². The predicted molar refractivity (Wildman–Crippen MR) is 69.6 cm³/mol. The largest absolute Gasteiger partial charge is 0.333 e. The van der Waals surface area contributed by atoms with Gasteiger partial charge in [0.2, 0.25) is 0 Å². The highest BCUT2D eigenvalue weighted by Gasteiger charge is 2.08. The summed E-state index contributed by atoms with van der Waals surface area (Å²) in [6.45, 7) is 2.97. The van der Waals surface area contributed by atoms with Gasteiger partial charge in [0, 0.05) is 24.5 Å². The fourth-order valence-electron chi connectivity index (χ4n) is 1.99. The minimum atomic E-state index is 0.0287. The summed E-state index contributed by atoms with van der Waals surface area (Å²) in [6.07, 6.45) is 5.99. The summed E-state index contributed by atoms with van der Waals surface area (Å²) in [5.74, 6) is 0. The molecular formula is C14H19N3. The van der Waals surface area contributed by atoms with Gasteiger partial charge in [0.15, 0.2) is 0 Å². The lowest BCUT2D eigenvalue weighted by Crippen LogP contribution is -2.18. The third-order valence-electron chi connectivity index (χ3n) is 2.93. The van der Waals surface area contributed by atoms with Crippen molar-refractivity contribution in [3.05, 3.63) is 54.1 Å². The fourth-order valence-corrected chi connectivity index (χ4v) is 1.99. The van der Waals surface area contributed by atoms with E-state index in [0.29, 0.717) is 0 Å². The molecule has 0 aliphatic carbocycles. The van der Waals surface area contributed by atoms with Crippen molar-refractivity contribution in [3.8, 4) is 0 Å². The maximum absolute atomic E-state index is 6.20. The monoisotopic (exact) mass is 229 g/mol. The van der Waals surface area contributed by atoms with Gasteiger partial charge in [-0.2, -0.15) is 0 Å². The van der Waals surface area contributed by atoms with Gasteiger partial charge in [-0.3, -0.25) is 0 Å². The third-order valence-corrected chi connectivity index (χ3v) is 2.93. The summed E-state index contributed by atoms with van der Waals surface area (Å²) in [5, 5.41) is 0. The van der Waals surface area contributed by atoms with Crippen LogP contribution in [0.1, 0.15) is 30.6 Å². The molecule has 17 heavy (non-hydrogen) atoms. The standard InChI is InChI=1S/C14H19N3/c1-2-6-13-9-16-11-17(13)10-14(15)12-7-4-3-5-8-12/h3-5,7-9,11,14H,2,6,10,15H2,1H3. The Bertz CT molecular complexity index is 448. The maximum Gasteiger partial charge on any atom is 0.0948 e. The number of hydrogen-bond acceptors (Lipinski definition) is 2. The van der Waals surface area contributed by atoms with E-state index in [1.165, 1.54) is 11.3 Å². The van der Waals surface area contributed by atoms with Gasteiger partial charge in [0.1, 0.15) is 0 Å². The molecule has 1 aromatic carbocycles. The number of aryl methyl sites for hydroxylation is 1. The molecule has 0 aliphatic heterocycles. The molecule has 0 amide bonds. The second kappa shape index (κ2) is 5.64. The van der Waals surface area contributed by atoms with E-state index in [2.05, 4.69) is 28.6 Å². The van der Waals surface area contributed by atoms with Gasteiger partial charge >= 0.3 is 0 Å². The second-order valence-corrected chi connectivity index (χ2v) is 4.30. The van der Waals surface area contributed by atoms with Crippen LogP contribution in [-0.4, -0.2) is 9.55 Å². The molecule has 0 saturated heterocycles. The number of rotatable bonds is 5. The van der Waals surface area contributed by atoms with E-state index in [1.807, 2.05) is 30.7 Å². The van der Waals surface area contributed by atoms with Crippen LogP contribution in [-0.2, 0) is 13.0 Å². The van der Waals surface area contributed by atoms with E-state index in [4.69, 9.17) is 5.73 Å². The normalized spacial score (nSPS) is 12.6. The van der Waals surface area contributed by atoms with Gasteiger partial charge in [0.05, 0.1) is 6.33 Å². The van der Waals surface area contributed by atoms with E-state index < -0.39 is 0 Å². The van der Waals surface area contributed by atoms with Crippen LogP contribution in [0.5, 0.6) is 0 Å². The summed E-state index contributed by atoms with van der Waals surface area (Å²) in [5.41, 5.74) is 8.64. The highest BCUT2D eigenvalue weighted by Crippen LogP contribution is 2.13. The van der Waals surface area contributed by atoms with E-state index >= 15 is 0 Å². The van der Waals surface area contributed by atoms with Crippen molar-refractivity contribution in [3.63, 3.8) is 0 Å². The van der Waals surface area contributed by atoms with Crippen LogP contribution in [0.3, 0.4) is 0 Å². The van der Waals surface area contributed by atoms with Gasteiger partial charge in [-0.1, -0.05) is 43.7 Å². The van der Waals surface area contributed by atoms with Crippen molar-refractivity contribution >= 4 is 0 Å². The lowest BCUT2D eigenvalue weighted by Gasteiger charge is -2.14. The Balaban J connectivity index is 2.08. The maximum atomic E-state index is 6.20. The van der Waals surface area contributed by atoms with Gasteiger partial charge in [-0.15, -0.1) is 0 Å². The first-order valence-corrected chi connectivity index (χ1v) is 6.10. The molecule has 3 nitrogen and oxygen atoms in total. The third kappa shape index (κ3) is 2.94. The van der Waals surface area contributed by atoms with E-state index in [9.17, 15) is 0 Å². The lowest BCUT2D eigenvalue weighted by atomic mass is 10.1. The van der Waals surface area contributed by atoms with Gasteiger partial charge in [-0.25, -0.2) is 4.98 Å². The minimum absolute atomic E-state index is 0.0287. The Morgan fingerprint density at radius 2 is 2.06 bits per heavy atom. The summed E-state index contributed by atoms with van der Waals surface area (Å²) < 4.78 is 2.15. The lowest BCUT2D eigenvalue weighted by molar-refractivity contribution is 0.556. The van der Waals surface area contributed by atoms with Gasteiger partial charge in [0.25, 0.3) is 0 Å². The molecule has 1 heterocycles. The zero-order valence-electron chi connectivity index (χ0n) is 10.2. The molecule has 90 valence electrons. The predicted octanol–water partition coefficient (Wildman–Crippen LogP) is 2.54. The van der Waals surface area contributed by atoms with Crippen molar-refractivity contribution < 1.29 is 0 Å². The molecule has 1 aromatic heterocycles. The van der Waals surface area contributed by atoms with Gasteiger partial charge in [-0.05, 0) is 12.0 Å². The number of aromatic nitrogens is 2. The summed E-state index contributed by atoms with van der Waals surface area (Å²) >= 11 is 0. The van der Waals surface area contributed by atoms with Crippen molar-refractivity contribution in [1.29, 1.82) is 0 Å². The van der Waals surface area contributed by atoms with Crippen LogP contribution in [0.15, 0.2) is 42.9 Å². The first-order chi connectivity index (χ1) is 8.31. The zero-order chi connectivity index (χ0) is 12.1. The molecule has 1 atom stereocenters. The molecule has 2 N–H and O–H groups in total. The van der Waals surface area contributed by atoms with Crippen molar-refractivity contribution in [1.82, 2.24) is 9.55 Å². The van der Waals surface area contributed by atoms with Crippen LogP contribution in [0, 0.1) is 0 Å². The molecule has 0 fully saturated rings. The molecule has 1 unspecified atom stereocenters. The number of hydrogen-bond donors (Lipinski definition) is 1. The number of nitrogens with zero attached hydrogens (tertiary/aromatic N) is 2.